The van der Waals surface area contributed by atoms with Gasteiger partial charge in [0.15, 0.2) is 11.5 Å². The Morgan fingerprint density at radius 3 is 2.59 bits per heavy atom. The topological polar surface area (TPSA) is 92.8 Å². The van der Waals surface area contributed by atoms with Gasteiger partial charge >= 0.3 is 5.97 Å². The number of esters is 1. The first kappa shape index (κ1) is 21.2. The average molecular weight is 434 g/mol. The molecular weight excluding hydrogens is 412 g/mol. The van der Waals surface area contributed by atoms with E-state index in [4.69, 9.17) is 23.6 Å². The molecule has 4 rings (SSSR count). The third-order valence-electron chi connectivity index (χ3n) is 5.02. The largest absolute Gasteiger partial charge is 0.493 e. The molecule has 0 aliphatic carbocycles. The lowest BCUT2D eigenvalue weighted by Crippen LogP contribution is -2.28. The molecule has 0 radical (unpaired) electrons. The molecule has 0 bridgehead atoms. The number of carbonyl (C=O) groups excluding carboxylic acids is 1. The third kappa shape index (κ3) is 4.34. The first-order valence-corrected chi connectivity index (χ1v) is 10.0. The van der Waals surface area contributed by atoms with Gasteiger partial charge in [0.05, 0.1) is 37.9 Å². The fraction of sp³-hybridized carbons (Fsp3) is 0.208. The highest BCUT2D eigenvalue weighted by Gasteiger charge is 2.15. The second-order valence-corrected chi connectivity index (χ2v) is 6.98. The predicted octanol–water partition coefficient (Wildman–Crippen LogP) is 3.45. The van der Waals surface area contributed by atoms with Gasteiger partial charge in [-0.3, -0.25) is 9.36 Å². The zero-order valence-corrected chi connectivity index (χ0v) is 17.7. The van der Waals surface area contributed by atoms with E-state index in [0.29, 0.717) is 34.6 Å². The Bertz CT molecular complexity index is 1290. The van der Waals surface area contributed by atoms with Crippen LogP contribution < -0.4 is 15.0 Å². The summed E-state index contributed by atoms with van der Waals surface area (Å²) in [6.07, 6.45) is 1.78. The number of furan rings is 1. The minimum Gasteiger partial charge on any atom is -0.493 e. The van der Waals surface area contributed by atoms with Gasteiger partial charge in [-0.05, 0) is 42.0 Å². The first-order chi connectivity index (χ1) is 15.6. The molecule has 0 aliphatic rings. The Balaban J connectivity index is 1.64. The minimum absolute atomic E-state index is 0.00159. The van der Waals surface area contributed by atoms with E-state index in [-0.39, 0.29) is 24.5 Å². The fourth-order valence-corrected chi connectivity index (χ4v) is 3.45. The van der Waals surface area contributed by atoms with E-state index in [1.165, 1.54) is 16.9 Å². The number of ether oxygens (including phenoxy) is 3. The molecule has 32 heavy (non-hydrogen) atoms. The summed E-state index contributed by atoms with van der Waals surface area (Å²) in [6.45, 7) is 0.157. The van der Waals surface area contributed by atoms with Crippen LogP contribution in [-0.4, -0.2) is 36.3 Å². The Hall–Kier alpha value is -4.07. The first-order valence-electron chi connectivity index (χ1n) is 10.0. The molecule has 8 nitrogen and oxygen atoms in total. The number of nitrogens with zero attached hydrogens (tertiary/aromatic N) is 2. The number of rotatable bonds is 8. The van der Waals surface area contributed by atoms with Crippen LogP contribution in [0.3, 0.4) is 0 Å². The van der Waals surface area contributed by atoms with Crippen LogP contribution in [-0.2, 0) is 17.7 Å². The van der Waals surface area contributed by atoms with Crippen molar-refractivity contribution in [2.24, 2.45) is 0 Å². The number of methoxy groups -OCH3 is 2. The molecule has 0 amide bonds. The fourth-order valence-electron chi connectivity index (χ4n) is 3.45. The van der Waals surface area contributed by atoms with Crippen molar-refractivity contribution in [3.63, 3.8) is 0 Å². The van der Waals surface area contributed by atoms with Crippen molar-refractivity contribution in [2.75, 3.05) is 20.8 Å². The summed E-state index contributed by atoms with van der Waals surface area (Å²) >= 11 is 0. The van der Waals surface area contributed by atoms with E-state index >= 15 is 0 Å². The summed E-state index contributed by atoms with van der Waals surface area (Å²) < 4.78 is 22.5. The number of benzene rings is 2. The lowest BCUT2D eigenvalue weighted by molar-refractivity contribution is 0.0453. The Morgan fingerprint density at radius 1 is 1.03 bits per heavy atom. The van der Waals surface area contributed by atoms with Gasteiger partial charge in [-0.25, -0.2) is 9.78 Å². The highest BCUT2D eigenvalue weighted by Crippen LogP contribution is 2.28. The molecule has 164 valence electrons. The maximum absolute atomic E-state index is 13.2. The van der Waals surface area contributed by atoms with Gasteiger partial charge < -0.3 is 18.6 Å². The summed E-state index contributed by atoms with van der Waals surface area (Å²) in [5.41, 5.74) is 1.31. The molecule has 0 atom stereocenters. The molecule has 0 aliphatic heterocycles. The zero-order valence-electron chi connectivity index (χ0n) is 17.7. The van der Waals surface area contributed by atoms with Crippen molar-refractivity contribution in [2.45, 2.75) is 13.0 Å². The number of aromatic nitrogens is 2. The monoisotopic (exact) mass is 434 g/mol. The van der Waals surface area contributed by atoms with Gasteiger partial charge in [0.1, 0.15) is 12.4 Å². The molecule has 2 aromatic carbocycles. The smallest absolute Gasteiger partial charge is 0.374 e. The molecule has 8 heteroatoms. The predicted molar refractivity (Wildman–Crippen MR) is 117 cm³/mol. The van der Waals surface area contributed by atoms with E-state index in [1.807, 2.05) is 24.3 Å². The summed E-state index contributed by atoms with van der Waals surface area (Å²) in [5, 5.41) is 0.501. The van der Waals surface area contributed by atoms with Crippen molar-refractivity contribution in [3.8, 4) is 11.5 Å². The molecular formula is C24H22N2O6. The van der Waals surface area contributed by atoms with Gasteiger partial charge in [0.2, 0.25) is 5.76 Å². The van der Waals surface area contributed by atoms with Crippen LogP contribution in [0.25, 0.3) is 10.9 Å². The van der Waals surface area contributed by atoms with Crippen LogP contribution in [0.4, 0.5) is 0 Å². The van der Waals surface area contributed by atoms with Gasteiger partial charge in [-0.15, -0.1) is 0 Å². The molecule has 0 N–H and O–H groups in total. The van der Waals surface area contributed by atoms with Crippen LogP contribution in [0, 0.1) is 0 Å². The lowest BCUT2D eigenvalue weighted by Gasteiger charge is -2.15. The van der Waals surface area contributed by atoms with E-state index in [2.05, 4.69) is 0 Å². The summed E-state index contributed by atoms with van der Waals surface area (Å²) in [6, 6.07) is 15.8. The van der Waals surface area contributed by atoms with Crippen molar-refractivity contribution < 1.29 is 23.4 Å². The third-order valence-corrected chi connectivity index (χ3v) is 5.02. The van der Waals surface area contributed by atoms with Crippen molar-refractivity contribution in [1.29, 1.82) is 0 Å². The molecule has 4 aromatic rings. The number of carbonyl (C=O) groups is 1. The van der Waals surface area contributed by atoms with Crippen molar-refractivity contribution in [3.05, 3.63) is 88.4 Å². The maximum atomic E-state index is 13.2. The van der Waals surface area contributed by atoms with Crippen LogP contribution >= 0.6 is 0 Å². The van der Waals surface area contributed by atoms with Gasteiger partial charge in [-0.1, -0.05) is 18.2 Å². The van der Waals surface area contributed by atoms with Gasteiger partial charge in [-0.2, -0.15) is 0 Å². The SMILES string of the molecule is COc1ccc(Cc2nc3ccccc3c(=O)n2CCOC(=O)c2ccco2)cc1OC. The van der Waals surface area contributed by atoms with Crippen LogP contribution in [0.2, 0.25) is 0 Å². The van der Waals surface area contributed by atoms with Crippen LogP contribution in [0.15, 0.2) is 70.1 Å². The van der Waals surface area contributed by atoms with Crippen LogP contribution in [0.5, 0.6) is 11.5 Å². The maximum Gasteiger partial charge on any atom is 0.374 e. The standard InChI is InChI=1S/C24H22N2O6/c1-29-19-10-9-16(14-21(19)30-2)15-22-25-18-7-4-3-6-17(18)23(27)26(22)11-13-32-24(28)20-8-5-12-31-20/h3-10,12,14H,11,13,15H2,1-2H3. The highest BCUT2D eigenvalue weighted by molar-refractivity contribution is 5.86. The molecule has 0 spiro atoms. The van der Waals surface area contributed by atoms with E-state index in [1.54, 1.807) is 38.5 Å². The van der Waals surface area contributed by atoms with E-state index in [9.17, 15) is 9.59 Å². The molecule has 0 unspecified atom stereocenters. The van der Waals surface area contributed by atoms with Crippen LogP contribution in [0.1, 0.15) is 21.9 Å². The molecule has 0 saturated carbocycles. The van der Waals surface area contributed by atoms with Gasteiger partial charge in [0.25, 0.3) is 5.56 Å². The summed E-state index contributed by atoms with van der Waals surface area (Å²) in [7, 11) is 3.14. The van der Waals surface area contributed by atoms with Gasteiger partial charge in [0, 0.05) is 6.42 Å². The number of para-hydroxylation sites is 1. The molecule has 0 saturated heterocycles. The second kappa shape index (κ2) is 9.38. The Morgan fingerprint density at radius 2 is 1.84 bits per heavy atom. The van der Waals surface area contributed by atoms with Crippen molar-refractivity contribution >= 4 is 16.9 Å². The Kier molecular flexibility index (Phi) is 6.21. The highest BCUT2D eigenvalue weighted by atomic mass is 16.5. The second-order valence-electron chi connectivity index (χ2n) is 6.98. The molecule has 2 aromatic heterocycles. The average Bonchev–Trinajstić information content (AvgIpc) is 3.36. The quantitative estimate of drug-likeness (QED) is 0.392. The lowest BCUT2D eigenvalue weighted by atomic mass is 10.1. The molecule has 2 heterocycles. The minimum atomic E-state index is -0.585. The number of fused-ring (bicyclic) bond motifs is 1. The summed E-state index contributed by atoms with van der Waals surface area (Å²) in [5.74, 6) is 1.28. The zero-order chi connectivity index (χ0) is 22.5. The summed E-state index contributed by atoms with van der Waals surface area (Å²) in [4.78, 5) is 30.0. The number of hydrogen-bond donors (Lipinski definition) is 0. The van der Waals surface area contributed by atoms with E-state index < -0.39 is 5.97 Å². The normalized spacial score (nSPS) is 10.8. The number of hydrogen-bond acceptors (Lipinski definition) is 7. The molecule has 0 fully saturated rings. The van der Waals surface area contributed by atoms with Crippen molar-refractivity contribution in [1.82, 2.24) is 9.55 Å². The Labute approximate surface area is 184 Å². The van der Waals surface area contributed by atoms with E-state index in [0.717, 1.165) is 5.56 Å².